The molecular formula is C123H165NO9S3. The lowest BCUT2D eigenvalue weighted by Crippen LogP contribution is -2.26. The summed E-state index contributed by atoms with van der Waals surface area (Å²) in [7, 11) is -11.1. The van der Waals surface area contributed by atoms with E-state index in [-0.39, 0.29) is 33.5 Å². The number of anilines is 3. The van der Waals surface area contributed by atoms with E-state index in [1.807, 2.05) is 36.4 Å². The molecule has 10 nitrogen and oxygen atoms in total. The van der Waals surface area contributed by atoms with Gasteiger partial charge in [-0.15, -0.1) is 0 Å². The number of unbranched alkanes of at least 4 members (excludes halogenated alkanes) is 36. The lowest BCUT2D eigenvalue weighted by atomic mass is 9.70. The summed E-state index contributed by atoms with van der Waals surface area (Å²) in [4.78, 5) is 3.24. The summed E-state index contributed by atoms with van der Waals surface area (Å²) in [5.41, 5.74) is 22.6. The van der Waals surface area contributed by atoms with Gasteiger partial charge in [0.05, 0.1) is 51.8 Å². The van der Waals surface area contributed by atoms with Crippen LogP contribution in [0.25, 0.3) is 69.8 Å². The van der Waals surface area contributed by atoms with Crippen LogP contribution in [0.2, 0.25) is 0 Å². The second-order valence-electron chi connectivity index (χ2n) is 40.2. The number of aliphatic hydroxyl groups excluding tert-OH is 3. The number of fused-ring (bicyclic) bond motifs is 9. The highest BCUT2D eigenvalue weighted by atomic mass is 32.2. The first-order valence-corrected chi connectivity index (χ1v) is 58.8. The van der Waals surface area contributed by atoms with Gasteiger partial charge in [-0.1, -0.05) is 457 Å². The Balaban J connectivity index is 0.887. The molecule has 0 aromatic heterocycles. The average Bonchev–Trinajstić information content (AvgIpc) is 1.57. The van der Waals surface area contributed by atoms with Crippen molar-refractivity contribution in [2.75, 3.05) is 42.0 Å². The fourth-order valence-electron chi connectivity index (χ4n) is 22.6. The van der Waals surface area contributed by atoms with Crippen LogP contribution in [0.3, 0.4) is 0 Å². The SMILES string of the molecule is CCCCCCCCCC1(CCCCCCCCC)c2cc(/C=C/c3ccc(N(c4ccc(/C=C/c5ccc6c(c5)C(CCCCCCCCC)(CCCCCCCCC)c5cc(S(=O)(=O)CCO)ccc5-6)cc4)c4ccc(/C=C/c5ccc6c(c5)C(CCCCCCCCC)(CCCCCCCCC)c5cc(S(=O)(=O)CCO)ccc5-6)cc4)cc3)ccc2-c2ccc(S(=O)(=O)CCO)cc21. The van der Waals surface area contributed by atoms with E-state index in [1.54, 1.807) is 18.2 Å². The Bertz CT molecular complexity index is 5060. The molecule has 0 unspecified atom stereocenters. The maximum Gasteiger partial charge on any atom is 0.180 e. The Morgan fingerprint density at radius 2 is 0.382 bits per heavy atom. The van der Waals surface area contributed by atoms with Gasteiger partial charge < -0.3 is 20.2 Å². The van der Waals surface area contributed by atoms with Gasteiger partial charge in [0.25, 0.3) is 0 Å². The first kappa shape index (κ1) is 107. The molecule has 12 rings (SSSR count). The molecule has 9 aromatic rings. The van der Waals surface area contributed by atoms with Crippen molar-refractivity contribution in [3.63, 3.8) is 0 Å². The predicted molar refractivity (Wildman–Crippen MR) is 579 cm³/mol. The fraction of sp³-hybridized carbons (Fsp3) is 0.512. The molecule has 3 N–H and O–H groups in total. The molecule has 734 valence electrons. The van der Waals surface area contributed by atoms with E-state index in [0.717, 1.165) is 199 Å². The maximum atomic E-state index is 13.9. The molecule has 136 heavy (non-hydrogen) atoms. The fourth-order valence-corrected chi connectivity index (χ4v) is 25.8. The van der Waals surface area contributed by atoms with Gasteiger partial charge in [0.2, 0.25) is 0 Å². The Morgan fingerprint density at radius 3 is 0.581 bits per heavy atom. The molecule has 9 aromatic carbocycles. The van der Waals surface area contributed by atoms with Crippen LogP contribution in [0.1, 0.15) is 417 Å². The molecule has 0 heterocycles. The summed E-state index contributed by atoms with van der Waals surface area (Å²) in [6.45, 7) is 12.4. The zero-order valence-electron chi connectivity index (χ0n) is 83.9. The van der Waals surface area contributed by atoms with Gasteiger partial charge in [0.15, 0.2) is 29.5 Å². The zero-order valence-corrected chi connectivity index (χ0v) is 86.4. The van der Waals surface area contributed by atoms with Crippen LogP contribution >= 0.6 is 0 Å². The second kappa shape index (κ2) is 53.9. The second-order valence-corrected chi connectivity index (χ2v) is 46.6. The third-order valence-electron chi connectivity index (χ3n) is 30.3. The van der Waals surface area contributed by atoms with Crippen molar-refractivity contribution in [2.45, 2.75) is 381 Å². The maximum absolute atomic E-state index is 13.9. The number of aliphatic hydroxyl groups is 3. The highest BCUT2D eigenvalue weighted by Gasteiger charge is 2.47. The van der Waals surface area contributed by atoms with E-state index in [1.165, 1.54) is 226 Å². The minimum atomic E-state index is -3.71. The van der Waals surface area contributed by atoms with Gasteiger partial charge in [0, 0.05) is 33.3 Å². The number of hydrogen-bond acceptors (Lipinski definition) is 10. The van der Waals surface area contributed by atoms with Crippen LogP contribution in [0.5, 0.6) is 0 Å². The molecule has 13 heteroatoms. The molecule has 0 aliphatic heterocycles. The molecule has 0 amide bonds. The Labute approximate surface area is 822 Å². The van der Waals surface area contributed by atoms with Crippen molar-refractivity contribution in [3.8, 4) is 33.4 Å². The summed E-state index contributed by atoms with van der Waals surface area (Å²) in [6, 6.07) is 64.8. The van der Waals surface area contributed by atoms with E-state index < -0.39 is 49.3 Å². The number of sulfone groups is 3. The summed E-state index contributed by atoms with van der Waals surface area (Å²) in [5, 5.41) is 30.0. The van der Waals surface area contributed by atoms with Crippen molar-refractivity contribution in [1.29, 1.82) is 0 Å². The lowest BCUT2D eigenvalue weighted by molar-refractivity contribution is 0.319. The van der Waals surface area contributed by atoms with Crippen molar-refractivity contribution >= 4 is 83.0 Å². The Hall–Kier alpha value is -8.27. The van der Waals surface area contributed by atoms with Gasteiger partial charge >= 0.3 is 0 Å². The van der Waals surface area contributed by atoms with Crippen LogP contribution in [0, 0.1) is 0 Å². The predicted octanol–water partition coefficient (Wildman–Crippen LogP) is 33.6. The van der Waals surface area contributed by atoms with E-state index in [0.29, 0.717) is 14.7 Å². The van der Waals surface area contributed by atoms with Crippen LogP contribution in [-0.2, 0) is 45.8 Å². The van der Waals surface area contributed by atoms with E-state index in [2.05, 4.69) is 210 Å². The third kappa shape index (κ3) is 27.9. The molecule has 0 saturated heterocycles. The Morgan fingerprint density at radius 1 is 0.213 bits per heavy atom. The molecule has 3 aliphatic rings. The minimum absolute atomic E-state index is 0.299. The number of nitrogens with zero attached hydrogens (tertiary/aromatic N) is 1. The molecule has 3 aliphatic carbocycles. The highest BCUT2D eigenvalue weighted by Crippen LogP contribution is 2.59. The minimum Gasteiger partial charge on any atom is -0.395 e. The lowest BCUT2D eigenvalue weighted by Gasteiger charge is -2.33. The summed E-state index contributed by atoms with van der Waals surface area (Å²) in [6.07, 6.45) is 69.2. The molecule has 0 atom stereocenters. The largest absolute Gasteiger partial charge is 0.395 e. The van der Waals surface area contributed by atoms with Crippen molar-refractivity contribution in [3.05, 3.63) is 249 Å². The van der Waals surface area contributed by atoms with Crippen LogP contribution in [0.4, 0.5) is 17.1 Å². The highest BCUT2D eigenvalue weighted by molar-refractivity contribution is 7.92. The van der Waals surface area contributed by atoms with Crippen LogP contribution in [-0.4, -0.2) is 77.7 Å². The van der Waals surface area contributed by atoms with Crippen LogP contribution < -0.4 is 4.90 Å². The van der Waals surface area contributed by atoms with Crippen molar-refractivity contribution < 1.29 is 40.6 Å². The van der Waals surface area contributed by atoms with Gasteiger partial charge in [-0.3, -0.25) is 0 Å². The smallest absolute Gasteiger partial charge is 0.180 e. The molecule has 0 bridgehead atoms. The number of benzene rings is 9. The average molecular weight is 1900 g/mol. The molecule has 0 fully saturated rings. The van der Waals surface area contributed by atoms with Crippen molar-refractivity contribution in [1.82, 2.24) is 0 Å². The van der Waals surface area contributed by atoms with E-state index in [4.69, 9.17) is 0 Å². The first-order valence-electron chi connectivity index (χ1n) is 53.8. The monoisotopic (exact) mass is 1900 g/mol. The van der Waals surface area contributed by atoms with E-state index >= 15 is 0 Å². The molecule has 0 spiro atoms. The number of hydrogen-bond donors (Lipinski definition) is 3. The van der Waals surface area contributed by atoms with E-state index in [9.17, 15) is 40.6 Å². The molecule has 0 saturated carbocycles. The summed E-state index contributed by atoms with van der Waals surface area (Å²) < 4.78 is 83.3. The quantitative estimate of drug-likeness (QED) is 0.0247. The topological polar surface area (TPSA) is 166 Å². The first-order chi connectivity index (χ1) is 66.3. The molecule has 0 radical (unpaired) electrons. The Kier molecular flexibility index (Phi) is 42.3. The van der Waals surface area contributed by atoms with Gasteiger partial charge in [-0.2, -0.15) is 0 Å². The van der Waals surface area contributed by atoms with Crippen molar-refractivity contribution in [2.24, 2.45) is 0 Å². The van der Waals surface area contributed by atoms with Gasteiger partial charge in [-0.25, -0.2) is 25.3 Å². The van der Waals surface area contributed by atoms with Gasteiger partial charge in [0.1, 0.15) is 0 Å². The van der Waals surface area contributed by atoms with Crippen LogP contribution in [0.15, 0.2) is 197 Å². The summed E-state index contributed by atoms with van der Waals surface area (Å²) >= 11 is 0. The third-order valence-corrected chi connectivity index (χ3v) is 35.4. The normalized spacial score (nSPS) is 14.0. The molecular weight excluding hydrogens is 1730 g/mol. The number of rotatable bonds is 66. The van der Waals surface area contributed by atoms with Gasteiger partial charge in [-0.05, 0) is 211 Å². The standard InChI is InChI=1S/C123H165NO9S3/c1-7-13-19-25-31-37-43-79-121(80-44-38-32-26-20-14-8-2)115-91-100(61-73-109(115)112-76-70-106(94-118(112)121)134(128,129)88-85-125)52-49-97-55-64-103(65-56-97)124(104-66-57-98(58-67-104)50-53-101-62-74-110-113-77-71-107(135(130,131)89-86-126)95-119(113)122(116(110)92-101,81-45-39-33-27-21-15-9-3)82-46-40-34-28-22-16-10-4)105-68-59-99(60-69-105)51-54-102-63-75-111-114-78-72-108(136(132,133)90-87-127)96-120(114)123(117(111)93-102,83-47-41-35-29-23-17-11-5)84-48-42-36-30-24-18-12-6/h49-78,91-96,125-127H,7-48,79-90H2,1-6H3/b52-49+,53-50+,54-51+. The zero-order chi connectivity index (χ0) is 96.1. The summed E-state index contributed by atoms with van der Waals surface area (Å²) in [5.74, 6) is -0.904.